The molecule has 20 heavy (non-hydrogen) atoms. The Morgan fingerprint density at radius 2 is 1.95 bits per heavy atom. The van der Waals surface area contributed by atoms with Gasteiger partial charge in [0.05, 0.1) is 5.69 Å². The van der Waals surface area contributed by atoms with Crippen molar-refractivity contribution in [3.05, 3.63) is 46.7 Å². The number of nitrogens with one attached hydrogen (secondary N) is 1. The van der Waals surface area contributed by atoms with Crippen molar-refractivity contribution >= 4 is 23.2 Å². The Balaban J connectivity index is 2.04. The summed E-state index contributed by atoms with van der Waals surface area (Å²) in [6.07, 6.45) is 1.74. The summed E-state index contributed by atoms with van der Waals surface area (Å²) in [5.74, 6) is -0.0900. The number of aryl methyl sites for hydroxylation is 2. The Hall–Kier alpha value is -1.81. The number of benzene rings is 1. The van der Waals surface area contributed by atoms with Crippen LogP contribution in [0.5, 0.6) is 0 Å². The van der Waals surface area contributed by atoms with Gasteiger partial charge in [-0.2, -0.15) is 5.10 Å². The topological polar surface area (TPSA) is 46.9 Å². The number of carbonyl (C=O) groups excluding carboxylic acids is 1. The Bertz CT molecular complexity index is 590. The molecule has 0 aliphatic heterocycles. The molecule has 0 aliphatic carbocycles. The zero-order valence-corrected chi connectivity index (χ0v) is 12.4. The SMILES string of the molecule is CCc1cc(CC)n(CC(=O)Nc2ccc(Cl)cc2)n1. The largest absolute Gasteiger partial charge is 0.324 e. The van der Waals surface area contributed by atoms with Gasteiger partial charge in [0, 0.05) is 16.4 Å². The second kappa shape index (κ2) is 6.57. The van der Waals surface area contributed by atoms with Gasteiger partial charge in [-0.25, -0.2) is 0 Å². The van der Waals surface area contributed by atoms with Crippen LogP contribution in [0.1, 0.15) is 25.2 Å². The van der Waals surface area contributed by atoms with Gasteiger partial charge < -0.3 is 5.32 Å². The van der Waals surface area contributed by atoms with E-state index in [-0.39, 0.29) is 12.5 Å². The Kier molecular flexibility index (Phi) is 4.79. The highest BCUT2D eigenvalue weighted by molar-refractivity contribution is 6.30. The maximum absolute atomic E-state index is 12.0. The molecule has 2 rings (SSSR count). The molecule has 1 aromatic carbocycles. The molecule has 2 aromatic rings. The first-order chi connectivity index (χ1) is 9.62. The van der Waals surface area contributed by atoms with Gasteiger partial charge in [0.1, 0.15) is 6.54 Å². The quantitative estimate of drug-likeness (QED) is 0.919. The molecule has 1 heterocycles. The lowest BCUT2D eigenvalue weighted by Gasteiger charge is -2.07. The second-order valence-electron chi connectivity index (χ2n) is 4.55. The fraction of sp³-hybridized carbons (Fsp3) is 0.333. The predicted molar refractivity (Wildman–Crippen MR) is 81.1 cm³/mol. The number of amides is 1. The van der Waals surface area contributed by atoms with Crippen molar-refractivity contribution in [3.63, 3.8) is 0 Å². The van der Waals surface area contributed by atoms with Crippen molar-refractivity contribution in [2.75, 3.05) is 5.32 Å². The van der Waals surface area contributed by atoms with Gasteiger partial charge >= 0.3 is 0 Å². The molecule has 0 aliphatic rings. The van der Waals surface area contributed by atoms with Gasteiger partial charge in [-0.1, -0.05) is 25.4 Å². The van der Waals surface area contributed by atoms with E-state index in [0.29, 0.717) is 5.02 Å². The van der Waals surface area contributed by atoms with Gasteiger partial charge in [-0.05, 0) is 43.2 Å². The lowest BCUT2D eigenvalue weighted by molar-refractivity contribution is -0.116. The molecule has 0 bridgehead atoms. The number of halogens is 1. The molecular weight excluding hydrogens is 274 g/mol. The Labute approximate surface area is 123 Å². The van der Waals surface area contributed by atoms with Crippen molar-refractivity contribution in [1.29, 1.82) is 0 Å². The van der Waals surface area contributed by atoms with Crippen LogP contribution in [0.4, 0.5) is 5.69 Å². The van der Waals surface area contributed by atoms with E-state index in [0.717, 1.165) is 29.9 Å². The Morgan fingerprint density at radius 1 is 1.25 bits per heavy atom. The summed E-state index contributed by atoms with van der Waals surface area (Å²) < 4.78 is 1.77. The zero-order valence-electron chi connectivity index (χ0n) is 11.7. The molecule has 0 spiro atoms. The molecule has 1 aromatic heterocycles. The van der Waals surface area contributed by atoms with Gasteiger partial charge in [-0.15, -0.1) is 0 Å². The highest BCUT2D eigenvalue weighted by Gasteiger charge is 2.09. The highest BCUT2D eigenvalue weighted by Crippen LogP contribution is 2.13. The van der Waals surface area contributed by atoms with Crippen LogP contribution in [-0.4, -0.2) is 15.7 Å². The average Bonchev–Trinajstić information content (AvgIpc) is 2.83. The standard InChI is InChI=1S/C15H18ClN3O/c1-3-12-9-14(4-2)19(18-12)10-15(20)17-13-7-5-11(16)6-8-13/h5-9H,3-4,10H2,1-2H3,(H,17,20). The fourth-order valence-corrected chi connectivity index (χ4v) is 2.10. The molecule has 1 N–H and O–H groups in total. The molecule has 0 saturated heterocycles. The van der Waals surface area contributed by atoms with Crippen LogP contribution < -0.4 is 5.32 Å². The first kappa shape index (κ1) is 14.6. The van der Waals surface area contributed by atoms with Crippen molar-refractivity contribution in [2.24, 2.45) is 0 Å². The maximum Gasteiger partial charge on any atom is 0.246 e. The lowest BCUT2D eigenvalue weighted by Crippen LogP contribution is -2.20. The maximum atomic E-state index is 12.0. The number of nitrogens with zero attached hydrogens (tertiary/aromatic N) is 2. The van der Waals surface area contributed by atoms with Crippen LogP contribution in [-0.2, 0) is 24.2 Å². The van der Waals surface area contributed by atoms with E-state index in [4.69, 9.17) is 11.6 Å². The van der Waals surface area contributed by atoms with Crippen molar-refractivity contribution in [1.82, 2.24) is 9.78 Å². The van der Waals surface area contributed by atoms with E-state index in [1.807, 2.05) is 0 Å². The molecule has 0 unspecified atom stereocenters. The molecule has 0 saturated carbocycles. The normalized spacial score (nSPS) is 10.6. The number of rotatable bonds is 5. The van der Waals surface area contributed by atoms with Gasteiger partial charge in [0.15, 0.2) is 0 Å². The number of aromatic nitrogens is 2. The predicted octanol–water partition coefficient (Wildman–Crippen LogP) is 3.30. The third kappa shape index (κ3) is 3.61. The number of carbonyl (C=O) groups is 1. The number of hydrogen-bond acceptors (Lipinski definition) is 2. The molecule has 5 heteroatoms. The first-order valence-electron chi connectivity index (χ1n) is 6.73. The second-order valence-corrected chi connectivity index (χ2v) is 4.98. The van der Waals surface area contributed by atoms with Crippen molar-refractivity contribution in [2.45, 2.75) is 33.2 Å². The van der Waals surface area contributed by atoms with Gasteiger partial charge in [0.25, 0.3) is 0 Å². The average molecular weight is 292 g/mol. The third-order valence-electron chi connectivity index (χ3n) is 3.06. The molecule has 106 valence electrons. The monoisotopic (exact) mass is 291 g/mol. The van der Waals surface area contributed by atoms with Crippen molar-refractivity contribution in [3.8, 4) is 0 Å². The van der Waals surface area contributed by atoms with E-state index in [1.54, 1.807) is 28.9 Å². The summed E-state index contributed by atoms with van der Waals surface area (Å²) in [5, 5.41) is 7.92. The van der Waals surface area contributed by atoms with Crippen molar-refractivity contribution < 1.29 is 4.79 Å². The minimum absolute atomic E-state index is 0.0900. The molecule has 0 radical (unpaired) electrons. The van der Waals surface area contributed by atoms with Gasteiger partial charge in [0.2, 0.25) is 5.91 Å². The smallest absolute Gasteiger partial charge is 0.246 e. The highest BCUT2D eigenvalue weighted by atomic mass is 35.5. The summed E-state index contributed by atoms with van der Waals surface area (Å²) in [6, 6.07) is 9.11. The molecular formula is C15H18ClN3O. The van der Waals surface area contributed by atoms with Crippen LogP contribution in [0.25, 0.3) is 0 Å². The van der Waals surface area contributed by atoms with E-state index < -0.39 is 0 Å². The summed E-state index contributed by atoms with van der Waals surface area (Å²) in [7, 11) is 0. The summed E-state index contributed by atoms with van der Waals surface area (Å²) in [4.78, 5) is 12.0. The van der Waals surface area contributed by atoms with Crippen LogP contribution in [0.2, 0.25) is 5.02 Å². The summed E-state index contributed by atoms with van der Waals surface area (Å²) in [6.45, 7) is 4.34. The Morgan fingerprint density at radius 3 is 2.55 bits per heavy atom. The zero-order chi connectivity index (χ0) is 14.5. The summed E-state index contributed by atoms with van der Waals surface area (Å²) in [5.41, 5.74) is 2.83. The molecule has 0 atom stereocenters. The molecule has 0 fully saturated rings. The van der Waals surface area contributed by atoms with Crippen LogP contribution in [0.15, 0.2) is 30.3 Å². The minimum Gasteiger partial charge on any atom is -0.324 e. The minimum atomic E-state index is -0.0900. The van der Waals surface area contributed by atoms with E-state index in [2.05, 4.69) is 30.3 Å². The van der Waals surface area contributed by atoms with Crippen LogP contribution in [0, 0.1) is 0 Å². The van der Waals surface area contributed by atoms with Crippen LogP contribution >= 0.6 is 11.6 Å². The third-order valence-corrected chi connectivity index (χ3v) is 3.31. The molecule has 1 amide bonds. The van der Waals surface area contributed by atoms with E-state index >= 15 is 0 Å². The first-order valence-corrected chi connectivity index (χ1v) is 7.11. The molecule has 4 nitrogen and oxygen atoms in total. The number of hydrogen-bond donors (Lipinski definition) is 1. The summed E-state index contributed by atoms with van der Waals surface area (Å²) >= 11 is 5.81. The van der Waals surface area contributed by atoms with Crippen LogP contribution in [0.3, 0.4) is 0 Å². The van der Waals surface area contributed by atoms with E-state index in [9.17, 15) is 4.79 Å². The lowest BCUT2D eigenvalue weighted by atomic mass is 10.2. The van der Waals surface area contributed by atoms with Gasteiger partial charge in [-0.3, -0.25) is 9.48 Å². The number of anilines is 1. The fourth-order valence-electron chi connectivity index (χ4n) is 1.98. The van der Waals surface area contributed by atoms with E-state index in [1.165, 1.54) is 0 Å².